The summed E-state index contributed by atoms with van der Waals surface area (Å²) in [5.74, 6) is -0.932. The Hall–Kier alpha value is -3.11. The van der Waals surface area contributed by atoms with E-state index in [9.17, 15) is 22.8 Å². The Balaban J connectivity index is 1.85. The fourth-order valence-corrected chi connectivity index (χ4v) is 3.26. The van der Waals surface area contributed by atoms with Gasteiger partial charge in [0.25, 0.3) is 5.91 Å². The van der Waals surface area contributed by atoms with Crippen LogP contribution in [0.4, 0.5) is 18.0 Å². The van der Waals surface area contributed by atoms with E-state index >= 15 is 0 Å². The van der Waals surface area contributed by atoms with Gasteiger partial charge in [0.15, 0.2) is 5.69 Å². The predicted octanol–water partition coefficient (Wildman–Crippen LogP) is 1.96. The van der Waals surface area contributed by atoms with Crippen LogP contribution in [-0.2, 0) is 13.0 Å². The molecule has 0 aliphatic carbocycles. The second kappa shape index (κ2) is 8.10. The second-order valence-corrected chi connectivity index (χ2v) is 6.65. The third-order valence-electron chi connectivity index (χ3n) is 4.64. The zero-order chi connectivity index (χ0) is 21.2. The standard InChI is InChI=1S/C18H21F3N6O2/c1-3-22-17(29)26-8-7-13-12(9-26)5-4-6-14(13)27-11(2)15(24-25-27)16(28)23-10-18(19,20)21/h4-6H,3,7-10H2,1-2H3,(H,22,29)(H,23,28). The number of nitrogens with one attached hydrogen (secondary N) is 2. The van der Waals surface area contributed by atoms with Gasteiger partial charge in [0.2, 0.25) is 0 Å². The first kappa shape index (κ1) is 20.6. The van der Waals surface area contributed by atoms with Crippen molar-refractivity contribution in [2.75, 3.05) is 19.6 Å². The first-order valence-electron chi connectivity index (χ1n) is 9.12. The zero-order valence-electron chi connectivity index (χ0n) is 16.0. The van der Waals surface area contributed by atoms with Crippen molar-refractivity contribution < 1.29 is 22.8 Å². The molecule has 1 aromatic heterocycles. The normalized spacial score (nSPS) is 13.8. The Morgan fingerprint density at radius 1 is 1.24 bits per heavy atom. The fourth-order valence-electron chi connectivity index (χ4n) is 3.26. The lowest BCUT2D eigenvalue weighted by Gasteiger charge is -2.30. The molecule has 3 rings (SSSR count). The highest BCUT2D eigenvalue weighted by Gasteiger charge is 2.30. The molecule has 2 N–H and O–H groups in total. The average Bonchev–Trinajstić information content (AvgIpc) is 3.06. The highest BCUT2D eigenvalue weighted by molar-refractivity contribution is 5.93. The number of amides is 3. The van der Waals surface area contributed by atoms with Gasteiger partial charge in [0.1, 0.15) is 6.54 Å². The fraction of sp³-hybridized carbons (Fsp3) is 0.444. The van der Waals surface area contributed by atoms with Crippen LogP contribution in [0, 0.1) is 6.92 Å². The quantitative estimate of drug-likeness (QED) is 0.806. The van der Waals surface area contributed by atoms with Gasteiger partial charge < -0.3 is 15.5 Å². The number of hydrogen-bond donors (Lipinski definition) is 2. The maximum atomic E-state index is 12.3. The Morgan fingerprint density at radius 2 is 2.00 bits per heavy atom. The van der Waals surface area contributed by atoms with Crippen LogP contribution in [0.25, 0.3) is 5.69 Å². The third-order valence-corrected chi connectivity index (χ3v) is 4.64. The minimum Gasteiger partial charge on any atom is -0.341 e. The number of fused-ring (bicyclic) bond motifs is 1. The summed E-state index contributed by atoms with van der Waals surface area (Å²) in [6, 6.07) is 5.39. The lowest BCUT2D eigenvalue weighted by molar-refractivity contribution is -0.123. The van der Waals surface area contributed by atoms with Crippen LogP contribution in [-0.4, -0.2) is 57.6 Å². The number of rotatable bonds is 4. The van der Waals surface area contributed by atoms with Crippen LogP contribution < -0.4 is 10.6 Å². The van der Waals surface area contributed by atoms with Gasteiger partial charge in [-0.15, -0.1) is 5.10 Å². The number of urea groups is 1. The summed E-state index contributed by atoms with van der Waals surface area (Å²) in [7, 11) is 0. The molecule has 0 unspecified atom stereocenters. The minimum atomic E-state index is -4.51. The van der Waals surface area contributed by atoms with Gasteiger partial charge in [-0.05, 0) is 37.5 Å². The maximum absolute atomic E-state index is 12.3. The van der Waals surface area contributed by atoms with Crippen molar-refractivity contribution in [3.8, 4) is 5.69 Å². The van der Waals surface area contributed by atoms with E-state index in [1.54, 1.807) is 29.3 Å². The van der Waals surface area contributed by atoms with E-state index in [-0.39, 0.29) is 11.7 Å². The number of nitrogens with zero attached hydrogens (tertiary/aromatic N) is 4. The van der Waals surface area contributed by atoms with E-state index < -0.39 is 18.6 Å². The molecular weight excluding hydrogens is 389 g/mol. The molecule has 0 saturated heterocycles. The van der Waals surface area contributed by atoms with Gasteiger partial charge in [-0.2, -0.15) is 13.2 Å². The van der Waals surface area contributed by atoms with Crippen LogP contribution >= 0.6 is 0 Å². The van der Waals surface area contributed by atoms with E-state index in [1.165, 1.54) is 4.68 Å². The summed E-state index contributed by atoms with van der Waals surface area (Å²) in [5.41, 5.74) is 2.77. The van der Waals surface area contributed by atoms with Gasteiger partial charge in [0, 0.05) is 19.6 Å². The Bertz CT molecular complexity index is 925. The molecule has 0 fully saturated rings. The minimum absolute atomic E-state index is 0.135. The van der Waals surface area contributed by atoms with E-state index in [2.05, 4.69) is 15.6 Å². The van der Waals surface area contributed by atoms with Gasteiger partial charge in [-0.3, -0.25) is 4.79 Å². The molecule has 0 bridgehead atoms. The zero-order valence-corrected chi connectivity index (χ0v) is 16.0. The SMILES string of the molecule is CCNC(=O)N1CCc2c(cccc2-n2nnc(C(=O)NCC(F)(F)F)c2C)C1. The Labute approximate surface area is 165 Å². The number of alkyl halides is 3. The monoisotopic (exact) mass is 410 g/mol. The molecule has 11 heteroatoms. The predicted molar refractivity (Wildman–Crippen MR) is 97.7 cm³/mol. The molecule has 1 aliphatic heterocycles. The molecule has 0 radical (unpaired) electrons. The smallest absolute Gasteiger partial charge is 0.341 e. The summed E-state index contributed by atoms with van der Waals surface area (Å²) < 4.78 is 38.5. The largest absolute Gasteiger partial charge is 0.405 e. The molecular formula is C18H21F3N6O2. The van der Waals surface area contributed by atoms with Crippen LogP contribution in [0.15, 0.2) is 18.2 Å². The molecule has 0 spiro atoms. The molecule has 156 valence electrons. The molecule has 1 aromatic carbocycles. The Morgan fingerprint density at radius 3 is 2.69 bits per heavy atom. The number of halogens is 3. The van der Waals surface area contributed by atoms with Crippen molar-refractivity contribution >= 4 is 11.9 Å². The first-order valence-corrected chi connectivity index (χ1v) is 9.12. The van der Waals surface area contributed by atoms with E-state index in [1.807, 2.05) is 13.0 Å². The van der Waals surface area contributed by atoms with E-state index in [0.29, 0.717) is 37.4 Å². The average molecular weight is 410 g/mol. The van der Waals surface area contributed by atoms with Crippen LogP contribution in [0.2, 0.25) is 0 Å². The third kappa shape index (κ3) is 4.49. The maximum Gasteiger partial charge on any atom is 0.405 e. The number of aromatic nitrogens is 3. The molecule has 3 amide bonds. The second-order valence-electron chi connectivity index (χ2n) is 6.65. The lowest BCUT2D eigenvalue weighted by Crippen LogP contribution is -2.42. The summed E-state index contributed by atoms with van der Waals surface area (Å²) in [6.45, 7) is 3.48. The van der Waals surface area contributed by atoms with Crippen LogP contribution in [0.5, 0.6) is 0 Å². The number of carbonyl (C=O) groups is 2. The van der Waals surface area contributed by atoms with Crippen LogP contribution in [0.1, 0.15) is 34.2 Å². The number of benzene rings is 1. The van der Waals surface area contributed by atoms with Crippen molar-refractivity contribution in [3.05, 3.63) is 40.7 Å². The molecule has 0 atom stereocenters. The summed E-state index contributed by atoms with van der Waals surface area (Å²) in [4.78, 5) is 25.8. The summed E-state index contributed by atoms with van der Waals surface area (Å²) >= 11 is 0. The van der Waals surface area contributed by atoms with Gasteiger partial charge >= 0.3 is 12.2 Å². The van der Waals surface area contributed by atoms with Crippen molar-refractivity contribution in [2.45, 2.75) is 33.0 Å². The first-order chi connectivity index (χ1) is 13.7. The van der Waals surface area contributed by atoms with Crippen LogP contribution in [0.3, 0.4) is 0 Å². The highest BCUT2D eigenvalue weighted by Crippen LogP contribution is 2.26. The Kier molecular flexibility index (Phi) is 5.76. The topological polar surface area (TPSA) is 92.2 Å². The molecule has 29 heavy (non-hydrogen) atoms. The van der Waals surface area contributed by atoms with E-state index in [4.69, 9.17) is 0 Å². The van der Waals surface area contributed by atoms with Gasteiger partial charge in [-0.1, -0.05) is 17.3 Å². The molecule has 1 aliphatic rings. The van der Waals surface area contributed by atoms with Crippen molar-refractivity contribution in [1.29, 1.82) is 0 Å². The van der Waals surface area contributed by atoms with E-state index in [0.717, 1.165) is 11.1 Å². The molecule has 2 heterocycles. The van der Waals surface area contributed by atoms with Gasteiger partial charge in [0.05, 0.1) is 11.4 Å². The number of hydrogen-bond acceptors (Lipinski definition) is 4. The van der Waals surface area contributed by atoms with Crippen molar-refractivity contribution in [3.63, 3.8) is 0 Å². The molecule has 0 saturated carbocycles. The van der Waals surface area contributed by atoms with Gasteiger partial charge in [-0.25, -0.2) is 9.48 Å². The van der Waals surface area contributed by atoms with Crippen molar-refractivity contribution in [2.24, 2.45) is 0 Å². The summed E-state index contributed by atoms with van der Waals surface area (Å²) in [6.07, 6.45) is -3.93. The number of carbonyl (C=O) groups excluding carboxylic acids is 2. The molecule has 2 aromatic rings. The lowest BCUT2D eigenvalue weighted by atomic mass is 9.98. The molecule has 8 nitrogen and oxygen atoms in total. The highest BCUT2D eigenvalue weighted by atomic mass is 19.4. The van der Waals surface area contributed by atoms with Crippen molar-refractivity contribution in [1.82, 2.24) is 30.5 Å². The summed E-state index contributed by atoms with van der Waals surface area (Å²) in [5, 5.41) is 12.3.